The van der Waals surface area contributed by atoms with E-state index in [2.05, 4.69) is 18.8 Å². The zero-order chi connectivity index (χ0) is 14.7. The lowest BCUT2D eigenvalue weighted by atomic mass is 10.0. The van der Waals surface area contributed by atoms with Gasteiger partial charge in [-0.2, -0.15) is 0 Å². The van der Waals surface area contributed by atoms with Crippen LogP contribution in [0.25, 0.3) is 0 Å². The van der Waals surface area contributed by atoms with Crippen molar-refractivity contribution in [3.8, 4) is 11.6 Å². The summed E-state index contributed by atoms with van der Waals surface area (Å²) in [6.07, 6.45) is 0. The predicted octanol–water partition coefficient (Wildman–Crippen LogP) is 4.35. The summed E-state index contributed by atoms with van der Waals surface area (Å²) < 4.78 is 5.57. The molecule has 1 N–H and O–H groups in total. The predicted molar refractivity (Wildman–Crippen MR) is 76.8 cm³/mol. The number of rotatable bonds is 4. The molecule has 1 aromatic heterocycles. The third kappa shape index (κ3) is 3.27. The van der Waals surface area contributed by atoms with Crippen LogP contribution in [0.3, 0.4) is 0 Å². The highest BCUT2D eigenvalue weighted by Crippen LogP contribution is 2.27. The molecular formula is C15H14ClNO3. The standard InChI is InChI=1S/C15H14ClNO3/c1-9(2)10-4-3-5-11(8-10)20-14-12(15(18)19)6-7-13(16)17-14/h3-9H,1-2H3,(H,18,19). The maximum Gasteiger partial charge on any atom is 0.341 e. The third-order valence-corrected chi connectivity index (χ3v) is 3.01. The van der Waals surface area contributed by atoms with Crippen LogP contribution >= 0.6 is 11.6 Å². The Kier molecular flexibility index (Phi) is 4.25. The van der Waals surface area contributed by atoms with Crippen molar-refractivity contribution in [2.45, 2.75) is 19.8 Å². The molecule has 0 amide bonds. The minimum atomic E-state index is -1.11. The first-order valence-electron chi connectivity index (χ1n) is 6.15. The summed E-state index contributed by atoms with van der Waals surface area (Å²) >= 11 is 5.79. The number of nitrogens with zero attached hydrogens (tertiary/aromatic N) is 1. The van der Waals surface area contributed by atoms with Crippen molar-refractivity contribution >= 4 is 17.6 Å². The highest BCUT2D eigenvalue weighted by atomic mass is 35.5. The Bertz CT molecular complexity index is 641. The number of hydrogen-bond donors (Lipinski definition) is 1. The van der Waals surface area contributed by atoms with E-state index in [4.69, 9.17) is 21.4 Å². The zero-order valence-corrected chi connectivity index (χ0v) is 11.9. The lowest BCUT2D eigenvalue weighted by molar-refractivity contribution is 0.0693. The number of aromatic carboxylic acids is 1. The SMILES string of the molecule is CC(C)c1cccc(Oc2nc(Cl)ccc2C(=O)O)c1. The Morgan fingerprint density at radius 2 is 2.05 bits per heavy atom. The second-order valence-electron chi connectivity index (χ2n) is 4.62. The van der Waals surface area contributed by atoms with E-state index < -0.39 is 5.97 Å². The maximum absolute atomic E-state index is 11.1. The van der Waals surface area contributed by atoms with Crippen LogP contribution in [-0.4, -0.2) is 16.1 Å². The van der Waals surface area contributed by atoms with Crippen molar-refractivity contribution in [3.05, 3.63) is 52.7 Å². The molecule has 0 spiro atoms. The normalized spacial score (nSPS) is 10.6. The van der Waals surface area contributed by atoms with Crippen LogP contribution in [-0.2, 0) is 0 Å². The number of carbonyl (C=O) groups is 1. The third-order valence-electron chi connectivity index (χ3n) is 2.80. The van der Waals surface area contributed by atoms with Gasteiger partial charge < -0.3 is 9.84 Å². The molecular weight excluding hydrogens is 278 g/mol. The van der Waals surface area contributed by atoms with Crippen LogP contribution in [0.15, 0.2) is 36.4 Å². The number of aromatic nitrogens is 1. The Hall–Kier alpha value is -2.07. The second-order valence-corrected chi connectivity index (χ2v) is 5.01. The highest BCUT2D eigenvalue weighted by molar-refractivity contribution is 6.29. The molecule has 20 heavy (non-hydrogen) atoms. The number of benzene rings is 1. The molecule has 5 heteroatoms. The molecule has 0 atom stereocenters. The molecule has 1 heterocycles. The number of ether oxygens (including phenoxy) is 1. The summed E-state index contributed by atoms with van der Waals surface area (Å²) in [5.74, 6) is -0.228. The number of halogens is 1. The minimum absolute atomic E-state index is 0.00842. The fraction of sp³-hybridized carbons (Fsp3) is 0.200. The van der Waals surface area contributed by atoms with E-state index in [0.29, 0.717) is 11.7 Å². The summed E-state index contributed by atoms with van der Waals surface area (Å²) in [4.78, 5) is 15.1. The topological polar surface area (TPSA) is 59.4 Å². The van der Waals surface area contributed by atoms with Crippen LogP contribution in [0.5, 0.6) is 11.6 Å². The number of carboxylic acids is 1. The van der Waals surface area contributed by atoms with Crippen LogP contribution in [0.2, 0.25) is 5.15 Å². The molecule has 2 aromatic rings. The monoisotopic (exact) mass is 291 g/mol. The maximum atomic E-state index is 11.1. The van der Waals surface area contributed by atoms with Crippen molar-refractivity contribution in [2.24, 2.45) is 0 Å². The van der Waals surface area contributed by atoms with E-state index in [1.165, 1.54) is 12.1 Å². The molecule has 1 aromatic carbocycles. The molecule has 0 saturated heterocycles. The van der Waals surface area contributed by atoms with Crippen LogP contribution in [0, 0.1) is 0 Å². The van der Waals surface area contributed by atoms with Crippen molar-refractivity contribution in [3.63, 3.8) is 0 Å². The van der Waals surface area contributed by atoms with Gasteiger partial charge in [-0.3, -0.25) is 0 Å². The first-order valence-corrected chi connectivity index (χ1v) is 6.53. The summed E-state index contributed by atoms with van der Waals surface area (Å²) in [6, 6.07) is 10.2. The largest absolute Gasteiger partial charge is 0.477 e. The van der Waals surface area contributed by atoms with Gasteiger partial charge in [0, 0.05) is 0 Å². The van der Waals surface area contributed by atoms with Crippen molar-refractivity contribution in [2.75, 3.05) is 0 Å². The van der Waals surface area contributed by atoms with Gasteiger partial charge in [0.05, 0.1) is 0 Å². The second kappa shape index (κ2) is 5.92. The van der Waals surface area contributed by atoms with Crippen molar-refractivity contribution in [1.82, 2.24) is 4.98 Å². The molecule has 0 bridgehead atoms. The molecule has 0 saturated carbocycles. The van der Waals surface area contributed by atoms with Crippen molar-refractivity contribution < 1.29 is 14.6 Å². The number of hydrogen-bond acceptors (Lipinski definition) is 3. The van der Waals surface area contributed by atoms with Gasteiger partial charge in [0.25, 0.3) is 0 Å². The van der Waals surface area contributed by atoms with Gasteiger partial charge in [0.1, 0.15) is 16.5 Å². The fourth-order valence-corrected chi connectivity index (χ4v) is 1.85. The van der Waals surface area contributed by atoms with E-state index in [0.717, 1.165) is 5.56 Å². The van der Waals surface area contributed by atoms with Gasteiger partial charge >= 0.3 is 5.97 Å². The van der Waals surface area contributed by atoms with E-state index >= 15 is 0 Å². The Morgan fingerprint density at radius 1 is 1.30 bits per heavy atom. The fourth-order valence-electron chi connectivity index (χ4n) is 1.71. The van der Waals surface area contributed by atoms with E-state index in [1.807, 2.05) is 18.2 Å². The van der Waals surface area contributed by atoms with Crippen molar-refractivity contribution in [1.29, 1.82) is 0 Å². The van der Waals surface area contributed by atoms with Gasteiger partial charge in [-0.05, 0) is 35.7 Å². The Labute approximate surface area is 122 Å². The smallest absolute Gasteiger partial charge is 0.341 e. The summed E-state index contributed by atoms with van der Waals surface area (Å²) in [6.45, 7) is 4.14. The van der Waals surface area contributed by atoms with Gasteiger partial charge in [-0.25, -0.2) is 9.78 Å². The molecule has 4 nitrogen and oxygen atoms in total. The Morgan fingerprint density at radius 3 is 2.70 bits per heavy atom. The van der Waals surface area contributed by atoms with Crippen LogP contribution in [0.4, 0.5) is 0 Å². The quantitative estimate of drug-likeness (QED) is 0.851. The summed E-state index contributed by atoms with van der Waals surface area (Å²) in [5, 5.41) is 9.30. The minimum Gasteiger partial charge on any atom is -0.477 e. The average molecular weight is 292 g/mol. The molecule has 0 aliphatic heterocycles. The lowest BCUT2D eigenvalue weighted by Gasteiger charge is -2.10. The van der Waals surface area contributed by atoms with E-state index in [1.54, 1.807) is 6.07 Å². The molecule has 2 rings (SSSR count). The first-order chi connectivity index (χ1) is 9.47. The van der Waals surface area contributed by atoms with E-state index in [9.17, 15) is 4.79 Å². The molecule has 0 radical (unpaired) electrons. The van der Waals surface area contributed by atoms with Crippen LogP contribution in [0.1, 0.15) is 35.7 Å². The number of pyridine rings is 1. The molecule has 0 unspecified atom stereocenters. The van der Waals surface area contributed by atoms with Gasteiger partial charge in [0.2, 0.25) is 5.88 Å². The molecule has 0 aliphatic rings. The van der Waals surface area contributed by atoms with Crippen LogP contribution < -0.4 is 4.74 Å². The molecule has 0 fully saturated rings. The van der Waals surface area contributed by atoms with Gasteiger partial charge in [-0.15, -0.1) is 0 Å². The van der Waals surface area contributed by atoms with Gasteiger partial charge in [-0.1, -0.05) is 37.6 Å². The summed E-state index contributed by atoms with van der Waals surface area (Å²) in [5.41, 5.74) is 1.07. The zero-order valence-electron chi connectivity index (χ0n) is 11.1. The first kappa shape index (κ1) is 14.3. The Balaban J connectivity index is 2.36. The van der Waals surface area contributed by atoms with Gasteiger partial charge in [0.15, 0.2) is 0 Å². The molecule has 0 aliphatic carbocycles. The summed E-state index contributed by atoms with van der Waals surface area (Å²) in [7, 11) is 0. The number of carboxylic acid groups (broad SMARTS) is 1. The van der Waals surface area contributed by atoms with E-state index in [-0.39, 0.29) is 16.6 Å². The highest BCUT2D eigenvalue weighted by Gasteiger charge is 2.14. The molecule has 104 valence electrons. The lowest BCUT2D eigenvalue weighted by Crippen LogP contribution is -2.02. The average Bonchev–Trinajstić information content (AvgIpc) is 2.38.